The molecule has 0 unspecified atom stereocenters. The molecule has 1 aliphatic heterocycles. The minimum atomic E-state index is -0.747. The number of rotatable bonds is 4. The molecule has 4 nitrogen and oxygen atoms in total. The number of carboxylic acids is 1. The molecule has 1 aromatic carbocycles. The van der Waals surface area contributed by atoms with E-state index in [0.29, 0.717) is 6.42 Å². The maximum absolute atomic E-state index is 10.7. The summed E-state index contributed by atoms with van der Waals surface area (Å²) < 4.78 is 5.35. The van der Waals surface area contributed by atoms with Crippen molar-refractivity contribution in [2.24, 2.45) is 0 Å². The van der Waals surface area contributed by atoms with E-state index in [4.69, 9.17) is 9.84 Å². The van der Waals surface area contributed by atoms with Crippen LogP contribution in [0.3, 0.4) is 0 Å². The molecule has 2 rings (SSSR count). The van der Waals surface area contributed by atoms with Crippen LogP contribution >= 0.6 is 0 Å². The number of hydrogen-bond donors (Lipinski definition) is 1. The second-order valence-electron chi connectivity index (χ2n) is 4.63. The average Bonchev–Trinajstić information content (AvgIpc) is 2.38. The monoisotopic (exact) mass is 249 g/mol. The highest BCUT2D eigenvalue weighted by molar-refractivity contribution is 5.68. The van der Waals surface area contributed by atoms with Crippen molar-refractivity contribution < 1.29 is 14.6 Å². The van der Waals surface area contributed by atoms with Gasteiger partial charge in [-0.25, -0.2) is 0 Å². The lowest BCUT2D eigenvalue weighted by molar-refractivity contribution is -0.136. The van der Waals surface area contributed by atoms with Crippen molar-refractivity contribution in [1.82, 2.24) is 0 Å². The SMILES string of the molecule is Cc1ccc(CCC(=O)O)c(N2CCOCC2)c1. The first-order valence-electron chi connectivity index (χ1n) is 6.31. The van der Waals surface area contributed by atoms with Gasteiger partial charge in [0, 0.05) is 25.2 Å². The number of aliphatic carboxylic acids is 1. The summed E-state index contributed by atoms with van der Waals surface area (Å²) in [5.74, 6) is -0.747. The van der Waals surface area contributed by atoms with Gasteiger partial charge < -0.3 is 14.7 Å². The highest BCUT2D eigenvalue weighted by Gasteiger charge is 2.15. The van der Waals surface area contributed by atoms with Crippen LogP contribution in [0.5, 0.6) is 0 Å². The topological polar surface area (TPSA) is 49.8 Å². The summed E-state index contributed by atoms with van der Waals surface area (Å²) in [6, 6.07) is 6.23. The Morgan fingerprint density at radius 2 is 2.11 bits per heavy atom. The molecule has 1 aliphatic rings. The van der Waals surface area contributed by atoms with E-state index in [0.717, 1.165) is 31.9 Å². The first kappa shape index (κ1) is 12.9. The Labute approximate surface area is 107 Å². The standard InChI is InChI=1S/C14H19NO3/c1-11-2-3-12(4-5-14(16)17)13(10-11)15-6-8-18-9-7-15/h2-3,10H,4-9H2,1H3,(H,16,17). The molecule has 1 aromatic rings. The molecule has 0 bridgehead atoms. The lowest BCUT2D eigenvalue weighted by Gasteiger charge is -2.31. The zero-order chi connectivity index (χ0) is 13.0. The highest BCUT2D eigenvalue weighted by atomic mass is 16.5. The number of hydrogen-bond acceptors (Lipinski definition) is 3. The summed E-state index contributed by atoms with van der Waals surface area (Å²) in [5, 5.41) is 8.80. The molecule has 0 aromatic heterocycles. The van der Waals surface area contributed by atoms with Gasteiger partial charge in [-0.3, -0.25) is 4.79 Å². The van der Waals surface area contributed by atoms with Crippen LogP contribution in [0.1, 0.15) is 17.5 Å². The Bertz CT molecular complexity index is 425. The van der Waals surface area contributed by atoms with Gasteiger partial charge in [0.1, 0.15) is 0 Å². The van der Waals surface area contributed by atoms with Crippen molar-refractivity contribution >= 4 is 11.7 Å². The van der Waals surface area contributed by atoms with E-state index in [1.54, 1.807) is 0 Å². The number of benzene rings is 1. The van der Waals surface area contributed by atoms with Gasteiger partial charge in [-0.05, 0) is 30.5 Å². The molecule has 1 fully saturated rings. The van der Waals surface area contributed by atoms with Crippen LogP contribution in [-0.2, 0) is 16.0 Å². The Morgan fingerprint density at radius 3 is 2.78 bits per heavy atom. The predicted molar refractivity (Wildman–Crippen MR) is 70.2 cm³/mol. The molecule has 0 atom stereocenters. The third-order valence-electron chi connectivity index (χ3n) is 3.20. The molecule has 18 heavy (non-hydrogen) atoms. The Morgan fingerprint density at radius 1 is 1.39 bits per heavy atom. The van der Waals surface area contributed by atoms with Crippen LogP contribution < -0.4 is 4.90 Å². The van der Waals surface area contributed by atoms with Crippen molar-refractivity contribution in [1.29, 1.82) is 0 Å². The predicted octanol–water partition coefficient (Wildman–Crippen LogP) is 1.85. The summed E-state index contributed by atoms with van der Waals surface area (Å²) in [6.07, 6.45) is 0.767. The number of carboxylic acid groups (broad SMARTS) is 1. The fraction of sp³-hybridized carbons (Fsp3) is 0.500. The Kier molecular flexibility index (Phi) is 4.20. The Balaban J connectivity index is 2.19. The van der Waals surface area contributed by atoms with Crippen LogP contribution in [0.2, 0.25) is 0 Å². The van der Waals surface area contributed by atoms with Crippen LogP contribution in [0.15, 0.2) is 18.2 Å². The van der Waals surface area contributed by atoms with Gasteiger partial charge in [-0.1, -0.05) is 12.1 Å². The number of anilines is 1. The fourth-order valence-corrected chi connectivity index (χ4v) is 2.23. The summed E-state index contributed by atoms with van der Waals surface area (Å²) in [7, 11) is 0. The third kappa shape index (κ3) is 3.23. The second-order valence-corrected chi connectivity index (χ2v) is 4.63. The molecule has 0 amide bonds. The normalized spacial score (nSPS) is 15.7. The lowest BCUT2D eigenvalue weighted by Crippen LogP contribution is -2.36. The van der Waals surface area contributed by atoms with Crippen molar-refractivity contribution in [2.75, 3.05) is 31.2 Å². The van der Waals surface area contributed by atoms with E-state index in [1.807, 2.05) is 12.1 Å². The van der Waals surface area contributed by atoms with E-state index in [-0.39, 0.29) is 6.42 Å². The second kappa shape index (κ2) is 5.87. The van der Waals surface area contributed by atoms with Gasteiger partial charge in [0.05, 0.1) is 13.2 Å². The smallest absolute Gasteiger partial charge is 0.303 e. The van der Waals surface area contributed by atoms with Crippen LogP contribution in [0, 0.1) is 6.92 Å². The maximum atomic E-state index is 10.7. The highest BCUT2D eigenvalue weighted by Crippen LogP contribution is 2.24. The summed E-state index contributed by atoms with van der Waals surface area (Å²) in [5.41, 5.74) is 3.49. The van der Waals surface area contributed by atoms with Gasteiger partial charge in [-0.15, -0.1) is 0 Å². The van der Waals surface area contributed by atoms with E-state index >= 15 is 0 Å². The minimum Gasteiger partial charge on any atom is -0.481 e. The molecule has 0 saturated carbocycles. The number of morpholine rings is 1. The maximum Gasteiger partial charge on any atom is 0.303 e. The average molecular weight is 249 g/mol. The molecule has 98 valence electrons. The number of carbonyl (C=O) groups is 1. The summed E-state index contributed by atoms with van der Waals surface area (Å²) in [6.45, 7) is 5.30. The molecule has 1 saturated heterocycles. The van der Waals surface area contributed by atoms with Crippen molar-refractivity contribution in [3.63, 3.8) is 0 Å². The zero-order valence-corrected chi connectivity index (χ0v) is 10.7. The van der Waals surface area contributed by atoms with Crippen LogP contribution in [0.25, 0.3) is 0 Å². The zero-order valence-electron chi connectivity index (χ0n) is 10.7. The van der Waals surface area contributed by atoms with Crippen molar-refractivity contribution in [3.8, 4) is 0 Å². The molecule has 0 radical (unpaired) electrons. The summed E-state index contributed by atoms with van der Waals surface area (Å²) in [4.78, 5) is 13.0. The van der Waals surface area contributed by atoms with E-state index in [1.165, 1.54) is 11.3 Å². The number of aryl methyl sites for hydroxylation is 2. The molecule has 0 spiro atoms. The summed E-state index contributed by atoms with van der Waals surface area (Å²) >= 11 is 0. The van der Waals surface area contributed by atoms with Gasteiger partial charge in [0.2, 0.25) is 0 Å². The molecular weight excluding hydrogens is 230 g/mol. The van der Waals surface area contributed by atoms with Crippen molar-refractivity contribution in [3.05, 3.63) is 29.3 Å². The third-order valence-corrected chi connectivity index (χ3v) is 3.20. The number of nitrogens with zero attached hydrogens (tertiary/aromatic N) is 1. The first-order valence-corrected chi connectivity index (χ1v) is 6.31. The van der Waals surface area contributed by atoms with Crippen molar-refractivity contribution in [2.45, 2.75) is 19.8 Å². The fourth-order valence-electron chi connectivity index (χ4n) is 2.23. The molecule has 0 aliphatic carbocycles. The van der Waals surface area contributed by atoms with E-state index < -0.39 is 5.97 Å². The van der Waals surface area contributed by atoms with Gasteiger partial charge in [-0.2, -0.15) is 0 Å². The van der Waals surface area contributed by atoms with Gasteiger partial charge in [0.15, 0.2) is 0 Å². The largest absolute Gasteiger partial charge is 0.481 e. The minimum absolute atomic E-state index is 0.181. The first-order chi connectivity index (χ1) is 8.66. The molecule has 1 heterocycles. The molecule has 1 N–H and O–H groups in total. The molecule has 4 heteroatoms. The van der Waals surface area contributed by atoms with E-state index in [2.05, 4.69) is 17.9 Å². The molecular formula is C14H19NO3. The Hall–Kier alpha value is -1.55. The van der Waals surface area contributed by atoms with Crippen LogP contribution in [-0.4, -0.2) is 37.4 Å². The van der Waals surface area contributed by atoms with Gasteiger partial charge >= 0.3 is 5.97 Å². The number of ether oxygens (including phenoxy) is 1. The quantitative estimate of drug-likeness (QED) is 0.884. The van der Waals surface area contributed by atoms with E-state index in [9.17, 15) is 4.79 Å². The van der Waals surface area contributed by atoms with Gasteiger partial charge in [0.25, 0.3) is 0 Å². The lowest BCUT2D eigenvalue weighted by atomic mass is 10.0. The van der Waals surface area contributed by atoms with Crippen LogP contribution in [0.4, 0.5) is 5.69 Å².